The fraction of sp³-hybridized carbons (Fsp3) is 0.571. The van der Waals surface area contributed by atoms with Gasteiger partial charge in [0.2, 0.25) is 0 Å². The summed E-state index contributed by atoms with van der Waals surface area (Å²) in [6, 6.07) is 3.42. The fourth-order valence-corrected chi connectivity index (χ4v) is 1.74. The van der Waals surface area contributed by atoms with E-state index in [4.69, 9.17) is 10.5 Å². The third-order valence-corrected chi connectivity index (χ3v) is 2.87. The molecule has 1 unspecified atom stereocenters. The predicted molar refractivity (Wildman–Crippen MR) is 70.6 cm³/mol. The molecule has 0 aromatic heterocycles. The zero-order chi connectivity index (χ0) is 15.2. The second-order valence-electron chi connectivity index (χ2n) is 4.60. The number of ether oxygens (including phenoxy) is 1. The average molecular weight is 291 g/mol. The lowest BCUT2D eigenvalue weighted by atomic mass is 10.0. The van der Waals surface area contributed by atoms with Crippen molar-refractivity contribution in [1.29, 1.82) is 0 Å². The molecule has 1 rings (SSSR count). The molecule has 6 heteroatoms. The SMILES string of the molecule is CCCOc1ccc(C(F)(F)F)cc1CCC(O)CN. The lowest BCUT2D eigenvalue weighted by Gasteiger charge is -2.15. The highest BCUT2D eigenvalue weighted by atomic mass is 19.4. The number of hydrogen-bond acceptors (Lipinski definition) is 3. The molecule has 0 heterocycles. The number of aliphatic hydroxyl groups is 1. The Morgan fingerprint density at radius 3 is 2.60 bits per heavy atom. The van der Waals surface area contributed by atoms with E-state index in [9.17, 15) is 18.3 Å². The van der Waals surface area contributed by atoms with Crippen molar-refractivity contribution in [1.82, 2.24) is 0 Å². The average Bonchev–Trinajstić information content (AvgIpc) is 2.41. The van der Waals surface area contributed by atoms with Gasteiger partial charge in [-0.2, -0.15) is 13.2 Å². The van der Waals surface area contributed by atoms with E-state index < -0.39 is 17.8 Å². The van der Waals surface area contributed by atoms with Gasteiger partial charge in [0, 0.05) is 6.54 Å². The van der Waals surface area contributed by atoms with Crippen LogP contribution in [-0.2, 0) is 12.6 Å². The summed E-state index contributed by atoms with van der Waals surface area (Å²) < 4.78 is 43.6. The molecule has 0 fully saturated rings. The van der Waals surface area contributed by atoms with Gasteiger partial charge in [0.15, 0.2) is 0 Å². The highest BCUT2D eigenvalue weighted by molar-refractivity contribution is 5.38. The van der Waals surface area contributed by atoms with Gasteiger partial charge in [-0.3, -0.25) is 0 Å². The summed E-state index contributed by atoms with van der Waals surface area (Å²) in [6.07, 6.45) is -3.73. The van der Waals surface area contributed by atoms with Gasteiger partial charge < -0.3 is 15.6 Å². The summed E-state index contributed by atoms with van der Waals surface area (Å²) in [4.78, 5) is 0. The molecular formula is C14H20F3NO2. The van der Waals surface area contributed by atoms with E-state index in [1.54, 1.807) is 0 Å². The second kappa shape index (κ2) is 7.50. The molecule has 1 aromatic rings. The van der Waals surface area contributed by atoms with E-state index in [0.29, 0.717) is 30.8 Å². The first kappa shape index (κ1) is 16.8. The Morgan fingerprint density at radius 2 is 2.05 bits per heavy atom. The van der Waals surface area contributed by atoms with Gasteiger partial charge in [0.25, 0.3) is 0 Å². The predicted octanol–water partition coefficient (Wildman–Crippen LogP) is 2.75. The van der Waals surface area contributed by atoms with Gasteiger partial charge in [-0.25, -0.2) is 0 Å². The van der Waals surface area contributed by atoms with Gasteiger partial charge in [0.05, 0.1) is 18.3 Å². The van der Waals surface area contributed by atoms with E-state index >= 15 is 0 Å². The van der Waals surface area contributed by atoms with Crippen LogP contribution in [0.5, 0.6) is 5.75 Å². The zero-order valence-electron chi connectivity index (χ0n) is 11.4. The Kier molecular flexibility index (Phi) is 6.29. The standard InChI is InChI=1S/C14H20F3NO2/c1-2-7-20-13-6-4-11(14(15,16)17)8-10(13)3-5-12(19)9-18/h4,6,8,12,19H,2-3,5,7,9,18H2,1H3. The van der Waals surface area contributed by atoms with Crippen LogP contribution < -0.4 is 10.5 Å². The second-order valence-corrected chi connectivity index (χ2v) is 4.60. The van der Waals surface area contributed by atoms with Crippen LogP contribution in [-0.4, -0.2) is 24.4 Å². The molecule has 20 heavy (non-hydrogen) atoms. The molecule has 0 saturated heterocycles. The molecule has 0 aliphatic rings. The number of aryl methyl sites for hydroxylation is 1. The summed E-state index contributed by atoms with van der Waals surface area (Å²) in [5.41, 5.74) is 5.03. The van der Waals surface area contributed by atoms with E-state index in [1.165, 1.54) is 6.07 Å². The maximum absolute atomic E-state index is 12.7. The summed E-state index contributed by atoms with van der Waals surface area (Å²) >= 11 is 0. The smallest absolute Gasteiger partial charge is 0.416 e. The topological polar surface area (TPSA) is 55.5 Å². The highest BCUT2D eigenvalue weighted by Crippen LogP contribution is 2.33. The molecule has 3 nitrogen and oxygen atoms in total. The lowest BCUT2D eigenvalue weighted by molar-refractivity contribution is -0.137. The summed E-state index contributed by atoms with van der Waals surface area (Å²) in [6.45, 7) is 2.45. The lowest BCUT2D eigenvalue weighted by Crippen LogP contribution is -2.20. The van der Waals surface area contributed by atoms with Crippen LogP contribution in [0.4, 0.5) is 13.2 Å². The fourth-order valence-electron chi connectivity index (χ4n) is 1.74. The van der Waals surface area contributed by atoms with Gasteiger partial charge >= 0.3 is 6.18 Å². The molecule has 0 amide bonds. The Bertz CT molecular complexity index is 421. The Balaban J connectivity index is 2.93. The Labute approximate surface area is 116 Å². The molecular weight excluding hydrogens is 271 g/mol. The van der Waals surface area contributed by atoms with Gasteiger partial charge in [0.1, 0.15) is 5.75 Å². The van der Waals surface area contributed by atoms with Gasteiger partial charge in [-0.1, -0.05) is 6.92 Å². The summed E-state index contributed by atoms with van der Waals surface area (Å²) in [7, 11) is 0. The van der Waals surface area contributed by atoms with E-state index in [2.05, 4.69) is 0 Å². The van der Waals surface area contributed by atoms with Crippen molar-refractivity contribution in [3.63, 3.8) is 0 Å². The monoisotopic (exact) mass is 291 g/mol. The van der Waals surface area contributed by atoms with Crippen LogP contribution in [0.25, 0.3) is 0 Å². The maximum Gasteiger partial charge on any atom is 0.416 e. The molecule has 0 spiro atoms. The molecule has 3 N–H and O–H groups in total. The third kappa shape index (κ3) is 5.02. The van der Waals surface area contributed by atoms with Crippen LogP contribution in [0.3, 0.4) is 0 Å². The maximum atomic E-state index is 12.7. The minimum Gasteiger partial charge on any atom is -0.493 e. The number of nitrogens with two attached hydrogens (primary N) is 1. The molecule has 0 saturated carbocycles. The van der Waals surface area contributed by atoms with Crippen LogP contribution in [0, 0.1) is 0 Å². The van der Waals surface area contributed by atoms with Crippen molar-refractivity contribution in [2.75, 3.05) is 13.2 Å². The molecule has 114 valence electrons. The Hall–Kier alpha value is -1.27. The molecule has 1 atom stereocenters. The minimum atomic E-state index is -4.38. The summed E-state index contributed by atoms with van der Waals surface area (Å²) in [5, 5.41) is 9.43. The number of benzene rings is 1. The highest BCUT2D eigenvalue weighted by Gasteiger charge is 2.31. The molecule has 0 aliphatic heterocycles. The van der Waals surface area contributed by atoms with Crippen molar-refractivity contribution in [2.45, 2.75) is 38.5 Å². The van der Waals surface area contributed by atoms with E-state index in [0.717, 1.165) is 18.6 Å². The van der Waals surface area contributed by atoms with Crippen LogP contribution in [0.1, 0.15) is 30.9 Å². The number of aliphatic hydroxyl groups excluding tert-OH is 1. The molecule has 1 aromatic carbocycles. The number of rotatable bonds is 7. The molecule has 0 bridgehead atoms. The van der Waals surface area contributed by atoms with E-state index in [-0.39, 0.29) is 6.54 Å². The zero-order valence-corrected chi connectivity index (χ0v) is 11.4. The summed E-state index contributed by atoms with van der Waals surface area (Å²) in [5.74, 6) is 0.434. The first-order valence-electron chi connectivity index (χ1n) is 6.59. The number of alkyl halides is 3. The Morgan fingerprint density at radius 1 is 1.35 bits per heavy atom. The van der Waals surface area contributed by atoms with Crippen molar-refractivity contribution in [3.8, 4) is 5.75 Å². The largest absolute Gasteiger partial charge is 0.493 e. The first-order chi connectivity index (χ1) is 9.38. The van der Waals surface area contributed by atoms with Crippen molar-refractivity contribution >= 4 is 0 Å². The normalized spacial score (nSPS) is 13.3. The third-order valence-electron chi connectivity index (χ3n) is 2.87. The van der Waals surface area contributed by atoms with Crippen LogP contribution >= 0.6 is 0 Å². The van der Waals surface area contributed by atoms with Crippen molar-refractivity contribution in [3.05, 3.63) is 29.3 Å². The van der Waals surface area contributed by atoms with Crippen molar-refractivity contribution in [2.24, 2.45) is 5.73 Å². The van der Waals surface area contributed by atoms with Gasteiger partial charge in [-0.15, -0.1) is 0 Å². The molecule has 0 radical (unpaired) electrons. The van der Waals surface area contributed by atoms with Crippen LogP contribution in [0.15, 0.2) is 18.2 Å². The van der Waals surface area contributed by atoms with Crippen molar-refractivity contribution < 1.29 is 23.0 Å². The van der Waals surface area contributed by atoms with Crippen LogP contribution in [0.2, 0.25) is 0 Å². The molecule has 0 aliphatic carbocycles. The minimum absolute atomic E-state index is 0.0874. The number of halogens is 3. The quantitative estimate of drug-likeness (QED) is 0.812. The van der Waals surface area contributed by atoms with E-state index in [1.807, 2.05) is 6.92 Å². The number of hydrogen-bond donors (Lipinski definition) is 2. The first-order valence-corrected chi connectivity index (χ1v) is 6.59. The van der Waals surface area contributed by atoms with Gasteiger partial charge in [-0.05, 0) is 43.0 Å².